The van der Waals surface area contributed by atoms with Crippen LogP contribution in [-0.4, -0.2) is 20.8 Å². The molecule has 3 aromatic rings. The van der Waals surface area contributed by atoms with E-state index < -0.39 is 0 Å². The zero-order valence-corrected chi connectivity index (χ0v) is 16.2. The molecular formula is C21H24ClN3O. The van der Waals surface area contributed by atoms with Gasteiger partial charge in [-0.05, 0) is 30.5 Å². The quantitative estimate of drug-likeness (QED) is 0.649. The summed E-state index contributed by atoms with van der Waals surface area (Å²) in [6.45, 7) is 8.91. The molecular weight excluding hydrogens is 346 g/mol. The third-order valence-electron chi connectivity index (χ3n) is 4.21. The van der Waals surface area contributed by atoms with Crippen molar-refractivity contribution in [3.05, 3.63) is 80.9 Å². The lowest BCUT2D eigenvalue weighted by molar-refractivity contribution is 0.225. The van der Waals surface area contributed by atoms with E-state index in [1.54, 1.807) is 24.4 Å². The fourth-order valence-corrected chi connectivity index (χ4v) is 3.25. The van der Waals surface area contributed by atoms with Crippen molar-refractivity contribution in [3.63, 3.8) is 0 Å². The Hall–Kier alpha value is -2.17. The lowest BCUT2D eigenvalue weighted by atomic mass is 10.1. The number of aromatic nitrogens is 2. The highest BCUT2D eigenvalue weighted by atomic mass is 35.5. The highest BCUT2D eigenvalue weighted by molar-refractivity contribution is 6.30. The summed E-state index contributed by atoms with van der Waals surface area (Å²) in [5.74, 6) is 0.529. The number of rotatable bonds is 6. The van der Waals surface area contributed by atoms with Crippen LogP contribution >= 0.6 is 11.6 Å². The van der Waals surface area contributed by atoms with E-state index >= 15 is 0 Å². The van der Waals surface area contributed by atoms with Crippen LogP contribution < -0.4 is 5.56 Å². The Morgan fingerprint density at radius 2 is 1.85 bits per heavy atom. The van der Waals surface area contributed by atoms with Crippen LogP contribution in [0.1, 0.15) is 30.7 Å². The molecule has 0 unspecified atom stereocenters. The minimum atomic E-state index is -0.104. The first kappa shape index (κ1) is 18.6. The number of pyridine rings is 1. The van der Waals surface area contributed by atoms with E-state index in [0.29, 0.717) is 23.1 Å². The average molecular weight is 370 g/mol. The van der Waals surface area contributed by atoms with E-state index in [-0.39, 0.29) is 5.56 Å². The second kappa shape index (κ2) is 8.02. The highest BCUT2D eigenvalue weighted by Crippen LogP contribution is 2.13. The van der Waals surface area contributed by atoms with Crippen molar-refractivity contribution in [1.82, 2.24) is 14.3 Å². The summed E-state index contributed by atoms with van der Waals surface area (Å²) in [4.78, 5) is 19.4. The molecule has 0 fully saturated rings. The van der Waals surface area contributed by atoms with Gasteiger partial charge in [-0.1, -0.05) is 55.3 Å². The molecule has 136 valence electrons. The van der Waals surface area contributed by atoms with Gasteiger partial charge in [0.1, 0.15) is 5.65 Å². The molecule has 0 N–H and O–H groups in total. The van der Waals surface area contributed by atoms with Crippen molar-refractivity contribution < 1.29 is 0 Å². The standard InChI is InChI=1S/C21H24ClN3O/c1-15(2)11-24(12-17-6-4-16(3)5-7-17)14-19-10-21(26)25-13-18(22)8-9-20(25)23-19/h4-10,13,15H,11-12,14H2,1-3H3. The first-order valence-electron chi connectivity index (χ1n) is 8.86. The summed E-state index contributed by atoms with van der Waals surface area (Å²) < 4.78 is 1.48. The zero-order valence-electron chi connectivity index (χ0n) is 15.4. The van der Waals surface area contributed by atoms with Crippen LogP contribution in [0.15, 0.2) is 53.5 Å². The molecule has 3 rings (SSSR count). The van der Waals surface area contributed by atoms with E-state index in [1.807, 2.05) is 0 Å². The van der Waals surface area contributed by atoms with Crippen LogP contribution in [0, 0.1) is 12.8 Å². The topological polar surface area (TPSA) is 37.6 Å². The molecule has 5 heteroatoms. The number of halogens is 1. The molecule has 0 saturated heterocycles. The third kappa shape index (κ3) is 4.71. The van der Waals surface area contributed by atoms with E-state index in [0.717, 1.165) is 18.8 Å². The zero-order chi connectivity index (χ0) is 18.7. The first-order chi connectivity index (χ1) is 12.4. The second-order valence-electron chi connectivity index (χ2n) is 7.21. The minimum Gasteiger partial charge on any atom is -0.293 e. The maximum atomic E-state index is 12.4. The fourth-order valence-electron chi connectivity index (χ4n) is 3.09. The van der Waals surface area contributed by atoms with Crippen LogP contribution in [0.5, 0.6) is 0 Å². The lowest BCUT2D eigenvalue weighted by Gasteiger charge is -2.24. The molecule has 0 bridgehead atoms. The summed E-state index contributed by atoms with van der Waals surface area (Å²) in [6.07, 6.45) is 1.61. The van der Waals surface area contributed by atoms with Crippen LogP contribution in [-0.2, 0) is 13.1 Å². The number of hydrogen-bond acceptors (Lipinski definition) is 3. The summed E-state index contributed by atoms with van der Waals surface area (Å²) in [6, 6.07) is 13.7. The van der Waals surface area contributed by atoms with Crippen molar-refractivity contribution in [2.24, 2.45) is 5.92 Å². The smallest absolute Gasteiger partial charge is 0.258 e. The molecule has 0 saturated carbocycles. The van der Waals surface area contributed by atoms with Gasteiger partial charge in [0.25, 0.3) is 5.56 Å². The Balaban J connectivity index is 1.86. The van der Waals surface area contributed by atoms with Gasteiger partial charge in [-0.2, -0.15) is 0 Å². The predicted molar refractivity (Wildman–Crippen MR) is 107 cm³/mol. The molecule has 0 aliphatic rings. The average Bonchev–Trinajstić information content (AvgIpc) is 2.57. The van der Waals surface area contributed by atoms with E-state index in [9.17, 15) is 4.79 Å². The van der Waals surface area contributed by atoms with Crippen molar-refractivity contribution in [1.29, 1.82) is 0 Å². The van der Waals surface area contributed by atoms with Crippen LogP contribution in [0.2, 0.25) is 5.02 Å². The van der Waals surface area contributed by atoms with Crippen molar-refractivity contribution >= 4 is 17.2 Å². The third-order valence-corrected chi connectivity index (χ3v) is 4.44. The van der Waals surface area contributed by atoms with E-state index in [1.165, 1.54) is 15.5 Å². The molecule has 0 aliphatic heterocycles. The van der Waals surface area contributed by atoms with Crippen molar-refractivity contribution in [2.45, 2.75) is 33.9 Å². The largest absolute Gasteiger partial charge is 0.293 e. The molecule has 0 aliphatic carbocycles. The minimum absolute atomic E-state index is 0.104. The Morgan fingerprint density at radius 3 is 2.54 bits per heavy atom. The summed E-state index contributed by atoms with van der Waals surface area (Å²) in [5, 5.41) is 0.523. The van der Waals surface area contributed by atoms with E-state index in [2.05, 4.69) is 54.9 Å². The van der Waals surface area contributed by atoms with Gasteiger partial charge in [0.2, 0.25) is 0 Å². The van der Waals surface area contributed by atoms with Gasteiger partial charge in [-0.25, -0.2) is 4.98 Å². The number of nitrogens with zero attached hydrogens (tertiary/aromatic N) is 3. The molecule has 2 aromatic heterocycles. The molecule has 26 heavy (non-hydrogen) atoms. The van der Waals surface area contributed by atoms with Crippen LogP contribution in [0.25, 0.3) is 5.65 Å². The molecule has 0 atom stereocenters. The van der Waals surface area contributed by atoms with Crippen LogP contribution in [0.3, 0.4) is 0 Å². The first-order valence-corrected chi connectivity index (χ1v) is 9.24. The Kier molecular flexibility index (Phi) is 5.74. The molecule has 0 amide bonds. The van der Waals surface area contributed by atoms with Crippen LogP contribution in [0.4, 0.5) is 0 Å². The van der Waals surface area contributed by atoms with Gasteiger partial charge >= 0.3 is 0 Å². The monoisotopic (exact) mass is 369 g/mol. The molecule has 2 heterocycles. The molecule has 0 spiro atoms. The lowest BCUT2D eigenvalue weighted by Crippen LogP contribution is -2.28. The van der Waals surface area contributed by atoms with Gasteiger partial charge in [0.05, 0.1) is 10.7 Å². The normalized spacial score (nSPS) is 11.6. The second-order valence-corrected chi connectivity index (χ2v) is 7.65. The van der Waals surface area contributed by atoms with Gasteiger partial charge < -0.3 is 0 Å². The number of aryl methyl sites for hydroxylation is 1. The Bertz CT molecular complexity index is 948. The summed E-state index contributed by atoms with van der Waals surface area (Å²) in [5.41, 5.74) is 3.82. The molecule has 4 nitrogen and oxygen atoms in total. The Morgan fingerprint density at radius 1 is 1.12 bits per heavy atom. The maximum absolute atomic E-state index is 12.4. The van der Waals surface area contributed by atoms with Gasteiger partial charge in [-0.15, -0.1) is 0 Å². The summed E-state index contributed by atoms with van der Waals surface area (Å²) >= 11 is 5.98. The van der Waals surface area contributed by atoms with Gasteiger partial charge in [-0.3, -0.25) is 14.1 Å². The van der Waals surface area contributed by atoms with E-state index in [4.69, 9.17) is 11.6 Å². The van der Waals surface area contributed by atoms with Crippen molar-refractivity contribution in [2.75, 3.05) is 6.54 Å². The van der Waals surface area contributed by atoms with Gasteiger partial charge in [0, 0.05) is 31.9 Å². The molecule has 1 aromatic carbocycles. The number of benzene rings is 1. The number of hydrogen-bond donors (Lipinski definition) is 0. The van der Waals surface area contributed by atoms with Crippen molar-refractivity contribution in [3.8, 4) is 0 Å². The number of fused-ring (bicyclic) bond motifs is 1. The fraction of sp³-hybridized carbons (Fsp3) is 0.333. The summed E-state index contributed by atoms with van der Waals surface area (Å²) in [7, 11) is 0. The predicted octanol–water partition coefficient (Wildman–Crippen LogP) is 4.31. The highest BCUT2D eigenvalue weighted by Gasteiger charge is 2.12. The van der Waals surface area contributed by atoms with Gasteiger partial charge in [0.15, 0.2) is 0 Å². The Labute approximate surface area is 159 Å². The maximum Gasteiger partial charge on any atom is 0.258 e. The molecule has 0 radical (unpaired) electrons. The SMILES string of the molecule is Cc1ccc(CN(Cc2cc(=O)n3cc(Cl)ccc3n2)CC(C)C)cc1.